The smallest absolute Gasteiger partial charge is 0.246 e. The van der Waals surface area contributed by atoms with E-state index in [1.54, 1.807) is 11.8 Å². The Kier molecular flexibility index (Phi) is 5.18. The van der Waals surface area contributed by atoms with E-state index in [1.807, 2.05) is 26.1 Å². The molecule has 20 heavy (non-hydrogen) atoms. The lowest BCUT2D eigenvalue weighted by Gasteiger charge is -2.21. The van der Waals surface area contributed by atoms with Crippen LogP contribution in [0.1, 0.15) is 18.5 Å². The third-order valence-corrected chi connectivity index (χ3v) is 4.29. The van der Waals surface area contributed by atoms with Gasteiger partial charge in [0.05, 0.1) is 10.7 Å². The number of thioether (sulfide) groups is 1. The summed E-state index contributed by atoms with van der Waals surface area (Å²) in [6.45, 7) is 3.65. The summed E-state index contributed by atoms with van der Waals surface area (Å²) in [4.78, 5) is 14.1. The third-order valence-electron chi connectivity index (χ3n) is 3.40. The van der Waals surface area contributed by atoms with E-state index in [4.69, 9.17) is 11.6 Å². The summed E-state index contributed by atoms with van der Waals surface area (Å²) in [7, 11) is 2.02. The van der Waals surface area contributed by atoms with Crippen LogP contribution in [0.2, 0.25) is 5.02 Å². The highest BCUT2D eigenvalue weighted by Crippen LogP contribution is 2.38. The maximum absolute atomic E-state index is 12.0. The first-order valence-electron chi connectivity index (χ1n) is 6.66. The minimum Gasteiger partial charge on any atom is -0.373 e. The van der Waals surface area contributed by atoms with Crippen LogP contribution in [0.15, 0.2) is 12.1 Å². The van der Waals surface area contributed by atoms with Gasteiger partial charge in [0.2, 0.25) is 5.91 Å². The molecule has 0 saturated carbocycles. The predicted octanol–water partition coefficient (Wildman–Crippen LogP) is 2.74. The Balaban J connectivity index is 2.28. The maximum atomic E-state index is 12.0. The molecule has 0 bridgehead atoms. The summed E-state index contributed by atoms with van der Waals surface area (Å²) < 4.78 is 0. The molecule has 110 valence electrons. The summed E-state index contributed by atoms with van der Waals surface area (Å²) in [5, 5.41) is 6.78. The Morgan fingerprint density at radius 3 is 2.90 bits per heavy atom. The van der Waals surface area contributed by atoms with Crippen LogP contribution in [-0.2, 0) is 4.79 Å². The average molecular weight is 314 g/mol. The fourth-order valence-corrected chi connectivity index (χ4v) is 3.09. The van der Waals surface area contributed by atoms with Crippen molar-refractivity contribution in [2.75, 3.05) is 42.4 Å². The molecule has 0 aliphatic carbocycles. The Morgan fingerprint density at radius 2 is 2.25 bits per heavy atom. The molecular weight excluding hydrogens is 294 g/mol. The van der Waals surface area contributed by atoms with Crippen molar-refractivity contribution in [3.05, 3.63) is 22.7 Å². The first kappa shape index (κ1) is 15.5. The third kappa shape index (κ3) is 3.05. The lowest BCUT2D eigenvalue weighted by atomic mass is 10.1. The van der Waals surface area contributed by atoms with E-state index in [2.05, 4.69) is 21.8 Å². The molecule has 1 aliphatic heterocycles. The number of hydrogen-bond donors (Lipinski definition) is 2. The van der Waals surface area contributed by atoms with E-state index in [0.29, 0.717) is 5.02 Å². The van der Waals surface area contributed by atoms with E-state index < -0.39 is 0 Å². The van der Waals surface area contributed by atoms with E-state index in [-0.39, 0.29) is 11.9 Å². The molecule has 4 nitrogen and oxygen atoms in total. The Bertz CT molecular complexity index is 509. The summed E-state index contributed by atoms with van der Waals surface area (Å²) in [5.41, 5.74) is 2.75. The van der Waals surface area contributed by atoms with Crippen molar-refractivity contribution >= 4 is 40.6 Å². The minimum atomic E-state index is -0.293. The number of fused-ring (bicyclic) bond motifs is 1. The van der Waals surface area contributed by atoms with Crippen LogP contribution in [0.4, 0.5) is 11.4 Å². The number of halogens is 1. The quantitative estimate of drug-likeness (QED) is 0.847. The topological polar surface area (TPSA) is 44.4 Å². The average Bonchev–Trinajstić information content (AvgIpc) is 2.72. The van der Waals surface area contributed by atoms with Crippen LogP contribution in [0.5, 0.6) is 0 Å². The van der Waals surface area contributed by atoms with Gasteiger partial charge < -0.3 is 15.5 Å². The molecule has 1 heterocycles. The molecule has 1 amide bonds. The van der Waals surface area contributed by atoms with Crippen LogP contribution >= 0.6 is 23.4 Å². The molecule has 0 aromatic heterocycles. The van der Waals surface area contributed by atoms with Gasteiger partial charge in [-0.25, -0.2) is 0 Å². The molecule has 0 spiro atoms. The Morgan fingerprint density at radius 1 is 1.50 bits per heavy atom. The first-order valence-corrected chi connectivity index (χ1v) is 8.43. The maximum Gasteiger partial charge on any atom is 0.246 e. The molecule has 6 heteroatoms. The van der Waals surface area contributed by atoms with Crippen molar-refractivity contribution in [3.63, 3.8) is 0 Å². The monoisotopic (exact) mass is 313 g/mol. The van der Waals surface area contributed by atoms with Crippen molar-refractivity contribution in [3.8, 4) is 0 Å². The molecule has 0 fully saturated rings. The number of amides is 1. The molecule has 1 atom stereocenters. The van der Waals surface area contributed by atoms with Gasteiger partial charge in [-0.2, -0.15) is 11.8 Å². The molecule has 1 unspecified atom stereocenters. The van der Waals surface area contributed by atoms with E-state index >= 15 is 0 Å². The van der Waals surface area contributed by atoms with Crippen molar-refractivity contribution in [1.82, 2.24) is 5.32 Å². The van der Waals surface area contributed by atoms with Gasteiger partial charge in [-0.05, 0) is 24.9 Å². The van der Waals surface area contributed by atoms with Crippen LogP contribution in [0.25, 0.3) is 0 Å². The minimum absolute atomic E-state index is 0.0122. The SMILES string of the molecule is CCNC1C(=O)Nc2cc(N(C)CCSC)c(Cl)cc21. The first-order chi connectivity index (χ1) is 9.58. The van der Waals surface area contributed by atoms with E-state index in [9.17, 15) is 4.79 Å². The number of rotatable bonds is 6. The van der Waals surface area contributed by atoms with E-state index in [1.165, 1.54) is 0 Å². The zero-order valence-electron chi connectivity index (χ0n) is 12.0. The summed E-state index contributed by atoms with van der Waals surface area (Å²) in [5.74, 6) is 1.03. The molecule has 1 aliphatic rings. The van der Waals surface area contributed by atoms with Gasteiger partial charge in [0.1, 0.15) is 6.04 Å². The molecular formula is C14H20ClN3OS. The number of likely N-dealkylation sites (N-methyl/N-ethyl adjacent to an activating group) is 1. The fourth-order valence-electron chi connectivity index (χ4n) is 2.32. The number of nitrogens with one attached hydrogen (secondary N) is 2. The number of carbonyl (C=O) groups excluding carboxylic acids is 1. The highest BCUT2D eigenvalue weighted by molar-refractivity contribution is 7.98. The zero-order valence-corrected chi connectivity index (χ0v) is 13.6. The second-order valence-corrected chi connectivity index (χ2v) is 6.18. The van der Waals surface area contributed by atoms with Gasteiger partial charge in [0.25, 0.3) is 0 Å². The molecule has 0 saturated heterocycles. The second kappa shape index (κ2) is 6.70. The van der Waals surface area contributed by atoms with Crippen LogP contribution < -0.4 is 15.5 Å². The van der Waals surface area contributed by atoms with Crippen LogP contribution in [0, 0.1) is 0 Å². The summed E-state index contributed by atoms with van der Waals surface area (Å²) in [6.07, 6.45) is 2.08. The van der Waals surface area contributed by atoms with Gasteiger partial charge in [-0.15, -0.1) is 0 Å². The summed E-state index contributed by atoms with van der Waals surface area (Å²) >= 11 is 8.18. The van der Waals surface area contributed by atoms with Crippen molar-refractivity contribution < 1.29 is 4.79 Å². The van der Waals surface area contributed by atoms with Gasteiger partial charge >= 0.3 is 0 Å². The van der Waals surface area contributed by atoms with Gasteiger partial charge in [-0.3, -0.25) is 4.79 Å². The highest BCUT2D eigenvalue weighted by atomic mass is 35.5. The number of anilines is 2. The molecule has 2 N–H and O–H groups in total. The lowest BCUT2D eigenvalue weighted by molar-refractivity contribution is -0.117. The van der Waals surface area contributed by atoms with Crippen LogP contribution in [0.3, 0.4) is 0 Å². The Labute approximate surface area is 129 Å². The predicted molar refractivity (Wildman–Crippen MR) is 88.2 cm³/mol. The van der Waals surface area contributed by atoms with E-state index in [0.717, 1.165) is 35.8 Å². The van der Waals surface area contributed by atoms with Crippen molar-refractivity contribution in [2.24, 2.45) is 0 Å². The summed E-state index contributed by atoms with van der Waals surface area (Å²) in [6, 6.07) is 3.57. The normalized spacial score (nSPS) is 17.0. The zero-order chi connectivity index (χ0) is 14.7. The number of benzene rings is 1. The van der Waals surface area contributed by atoms with Crippen molar-refractivity contribution in [1.29, 1.82) is 0 Å². The van der Waals surface area contributed by atoms with Gasteiger partial charge in [-0.1, -0.05) is 18.5 Å². The molecule has 1 aromatic rings. The van der Waals surface area contributed by atoms with Crippen molar-refractivity contribution in [2.45, 2.75) is 13.0 Å². The van der Waals surface area contributed by atoms with Crippen LogP contribution in [-0.4, -0.2) is 38.1 Å². The van der Waals surface area contributed by atoms with Gasteiger partial charge in [0, 0.05) is 30.6 Å². The Hall–Kier alpha value is -0.910. The van der Waals surface area contributed by atoms with Gasteiger partial charge in [0.15, 0.2) is 0 Å². The number of nitrogens with zero attached hydrogens (tertiary/aromatic N) is 1. The second-order valence-electron chi connectivity index (χ2n) is 4.79. The highest BCUT2D eigenvalue weighted by Gasteiger charge is 2.31. The number of carbonyl (C=O) groups is 1. The fraction of sp³-hybridized carbons (Fsp3) is 0.500. The lowest BCUT2D eigenvalue weighted by Crippen LogP contribution is -2.27. The molecule has 2 rings (SSSR count). The number of hydrogen-bond acceptors (Lipinski definition) is 4. The standard InChI is InChI=1S/C14H20ClN3OS/c1-4-16-13-9-7-10(15)12(18(2)5-6-20-3)8-11(9)17-14(13)19/h7-8,13,16H,4-6H2,1-3H3,(H,17,19). The molecule has 0 radical (unpaired) electrons. The largest absolute Gasteiger partial charge is 0.373 e. The molecule has 1 aromatic carbocycles.